The number of hydrogen-bond acceptors (Lipinski definition) is 5. The molecule has 17 heavy (non-hydrogen) atoms. The Labute approximate surface area is 109 Å². The zero-order valence-corrected chi connectivity index (χ0v) is 11.7. The first-order valence-corrected chi connectivity index (χ1v) is 7.16. The fourth-order valence-electron chi connectivity index (χ4n) is 1.62. The summed E-state index contributed by atoms with van der Waals surface area (Å²) >= 11 is 3.55. The maximum Gasteiger partial charge on any atom is 0.0984 e. The van der Waals surface area contributed by atoms with E-state index >= 15 is 0 Å². The molecule has 2 aromatic heterocycles. The average molecular weight is 268 g/mol. The van der Waals surface area contributed by atoms with E-state index in [1.165, 1.54) is 14.8 Å². The van der Waals surface area contributed by atoms with Crippen LogP contribution in [0.4, 0.5) is 0 Å². The lowest BCUT2D eigenvalue weighted by molar-refractivity contribution is 0.181. The Kier molecular flexibility index (Phi) is 4.67. The van der Waals surface area contributed by atoms with Crippen LogP contribution in [0, 0.1) is 0 Å². The lowest BCUT2D eigenvalue weighted by atomic mass is 10.3. The van der Waals surface area contributed by atoms with Crippen LogP contribution >= 0.6 is 22.7 Å². The lowest BCUT2D eigenvalue weighted by Crippen LogP contribution is -2.06. The molecule has 2 rings (SSSR count). The SMILES string of the molecule is CNCc1sc(Cc2cccs2)nc1COC. The maximum atomic E-state index is 5.18. The van der Waals surface area contributed by atoms with Gasteiger partial charge < -0.3 is 10.1 Å². The van der Waals surface area contributed by atoms with E-state index in [0.717, 1.165) is 18.7 Å². The summed E-state index contributed by atoms with van der Waals surface area (Å²) in [6.07, 6.45) is 0.933. The summed E-state index contributed by atoms with van der Waals surface area (Å²) in [5.41, 5.74) is 1.07. The van der Waals surface area contributed by atoms with Crippen LogP contribution in [-0.2, 0) is 24.3 Å². The molecule has 0 fully saturated rings. The number of nitrogens with one attached hydrogen (secondary N) is 1. The third-order valence-corrected chi connectivity index (χ3v) is 4.32. The fourth-order valence-corrected chi connectivity index (χ4v) is 3.53. The normalized spacial score (nSPS) is 10.9. The van der Waals surface area contributed by atoms with Crippen molar-refractivity contribution in [1.82, 2.24) is 10.3 Å². The first-order valence-electron chi connectivity index (χ1n) is 5.47. The number of ether oxygens (including phenoxy) is 1. The highest BCUT2D eigenvalue weighted by Gasteiger charge is 2.11. The minimum absolute atomic E-state index is 0.595. The number of thiazole rings is 1. The second kappa shape index (κ2) is 6.26. The highest BCUT2D eigenvalue weighted by atomic mass is 32.1. The van der Waals surface area contributed by atoms with E-state index in [4.69, 9.17) is 4.74 Å². The van der Waals surface area contributed by atoms with Crippen LogP contribution in [-0.4, -0.2) is 19.1 Å². The van der Waals surface area contributed by atoms with E-state index < -0.39 is 0 Å². The van der Waals surface area contributed by atoms with Gasteiger partial charge in [0.15, 0.2) is 0 Å². The van der Waals surface area contributed by atoms with Crippen molar-refractivity contribution >= 4 is 22.7 Å². The summed E-state index contributed by atoms with van der Waals surface area (Å²) in [6, 6.07) is 4.23. The van der Waals surface area contributed by atoms with Gasteiger partial charge in [-0.2, -0.15) is 0 Å². The fraction of sp³-hybridized carbons (Fsp3) is 0.417. The van der Waals surface area contributed by atoms with Crippen molar-refractivity contribution in [2.75, 3.05) is 14.2 Å². The molecule has 0 atom stereocenters. The molecule has 0 unspecified atom stereocenters. The van der Waals surface area contributed by atoms with Crippen molar-refractivity contribution in [2.24, 2.45) is 0 Å². The molecule has 2 aromatic rings. The number of nitrogens with zero attached hydrogens (tertiary/aromatic N) is 1. The van der Waals surface area contributed by atoms with Crippen LogP contribution in [0.5, 0.6) is 0 Å². The van der Waals surface area contributed by atoms with Crippen LogP contribution in [0.1, 0.15) is 20.5 Å². The van der Waals surface area contributed by atoms with Crippen LogP contribution in [0.2, 0.25) is 0 Å². The van der Waals surface area contributed by atoms with Gasteiger partial charge in [-0.15, -0.1) is 22.7 Å². The summed E-state index contributed by atoms with van der Waals surface area (Å²) in [5, 5.41) is 6.45. The van der Waals surface area contributed by atoms with Gasteiger partial charge in [-0.1, -0.05) is 6.07 Å². The van der Waals surface area contributed by atoms with Gasteiger partial charge in [-0.05, 0) is 18.5 Å². The maximum absolute atomic E-state index is 5.18. The van der Waals surface area contributed by atoms with Gasteiger partial charge in [-0.25, -0.2) is 4.98 Å². The van der Waals surface area contributed by atoms with Crippen LogP contribution in [0.25, 0.3) is 0 Å². The standard InChI is InChI=1S/C12H16N2OS2/c1-13-7-11-10(8-15-2)14-12(17-11)6-9-4-3-5-16-9/h3-5,13H,6-8H2,1-2H3. The molecule has 0 radical (unpaired) electrons. The van der Waals surface area contributed by atoms with Gasteiger partial charge in [0.05, 0.1) is 17.3 Å². The van der Waals surface area contributed by atoms with Crippen molar-refractivity contribution in [3.63, 3.8) is 0 Å². The summed E-state index contributed by atoms with van der Waals surface area (Å²) in [4.78, 5) is 7.29. The number of aromatic nitrogens is 1. The third kappa shape index (κ3) is 3.35. The predicted molar refractivity (Wildman–Crippen MR) is 72.7 cm³/mol. The molecule has 0 saturated heterocycles. The molecule has 0 aliphatic carbocycles. The third-order valence-electron chi connectivity index (χ3n) is 2.35. The molecule has 0 aromatic carbocycles. The van der Waals surface area contributed by atoms with Crippen molar-refractivity contribution in [3.05, 3.63) is 38.0 Å². The molecule has 0 aliphatic heterocycles. The molecule has 0 aliphatic rings. The Morgan fingerprint density at radius 1 is 1.47 bits per heavy atom. The second-order valence-corrected chi connectivity index (χ2v) is 5.90. The van der Waals surface area contributed by atoms with E-state index in [1.54, 1.807) is 29.8 Å². The molecular weight excluding hydrogens is 252 g/mol. The molecular formula is C12H16N2OS2. The number of methoxy groups -OCH3 is 1. The Bertz CT molecular complexity index is 428. The lowest BCUT2D eigenvalue weighted by Gasteiger charge is -1.98. The van der Waals surface area contributed by atoms with Gasteiger partial charge >= 0.3 is 0 Å². The topological polar surface area (TPSA) is 34.2 Å². The van der Waals surface area contributed by atoms with Crippen molar-refractivity contribution in [2.45, 2.75) is 19.6 Å². The van der Waals surface area contributed by atoms with E-state index in [2.05, 4.69) is 27.8 Å². The van der Waals surface area contributed by atoms with E-state index in [-0.39, 0.29) is 0 Å². The number of hydrogen-bond donors (Lipinski definition) is 1. The van der Waals surface area contributed by atoms with Gasteiger partial charge in [0.1, 0.15) is 0 Å². The highest BCUT2D eigenvalue weighted by Crippen LogP contribution is 2.23. The smallest absolute Gasteiger partial charge is 0.0984 e. The molecule has 5 heteroatoms. The first kappa shape index (κ1) is 12.7. The van der Waals surface area contributed by atoms with Crippen molar-refractivity contribution in [1.29, 1.82) is 0 Å². The number of rotatable bonds is 6. The van der Waals surface area contributed by atoms with Crippen LogP contribution in [0.15, 0.2) is 17.5 Å². The van der Waals surface area contributed by atoms with E-state index in [1.807, 2.05) is 7.05 Å². The Hall–Kier alpha value is -0.750. The van der Waals surface area contributed by atoms with E-state index in [0.29, 0.717) is 6.61 Å². The van der Waals surface area contributed by atoms with Crippen LogP contribution < -0.4 is 5.32 Å². The molecule has 0 bridgehead atoms. The summed E-state index contributed by atoms with van der Waals surface area (Å²) in [5.74, 6) is 0. The minimum Gasteiger partial charge on any atom is -0.378 e. The second-order valence-electron chi connectivity index (χ2n) is 3.70. The summed E-state index contributed by atoms with van der Waals surface area (Å²) in [7, 11) is 3.66. The van der Waals surface area contributed by atoms with Gasteiger partial charge in [0.2, 0.25) is 0 Å². The molecule has 92 valence electrons. The quantitative estimate of drug-likeness (QED) is 0.874. The summed E-state index contributed by atoms with van der Waals surface area (Å²) in [6.45, 7) is 1.46. The monoisotopic (exact) mass is 268 g/mol. The molecule has 2 heterocycles. The van der Waals surface area contributed by atoms with Crippen molar-refractivity contribution < 1.29 is 4.74 Å². The predicted octanol–water partition coefficient (Wildman–Crippen LogP) is 2.66. The molecule has 1 N–H and O–H groups in total. The van der Waals surface area contributed by atoms with Gasteiger partial charge in [0, 0.05) is 29.8 Å². The zero-order chi connectivity index (χ0) is 12.1. The number of thiophene rings is 1. The Balaban J connectivity index is 2.14. The zero-order valence-electron chi connectivity index (χ0n) is 10.0. The molecule has 0 amide bonds. The molecule has 3 nitrogen and oxygen atoms in total. The summed E-state index contributed by atoms with van der Waals surface area (Å²) < 4.78 is 5.18. The van der Waals surface area contributed by atoms with Crippen molar-refractivity contribution in [3.8, 4) is 0 Å². The Morgan fingerprint density at radius 2 is 2.35 bits per heavy atom. The molecule has 0 spiro atoms. The van der Waals surface area contributed by atoms with Crippen LogP contribution in [0.3, 0.4) is 0 Å². The Morgan fingerprint density at radius 3 is 3.00 bits per heavy atom. The largest absolute Gasteiger partial charge is 0.378 e. The minimum atomic E-state index is 0.595. The highest BCUT2D eigenvalue weighted by molar-refractivity contribution is 7.12. The van der Waals surface area contributed by atoms with Gasteiger partial charge in [0.25, 0.3) is 0 Å². The van der Waals surface area contributed by atoms with E-state index in [9.17, 15) is 0 Å². The van der Waals surface area contributed by atoms with Gasteiger partial charge in [-0.3, -0.25) is 0 Å². The molecule has 0 saturated carbocycles. The first-order chi connectivity index (χ1) is 8.33. The average Bonchev–Trinajstić information content (AvgIpc) is 2.91.